The summed E-state index contributed by atoms with van der Waals surface area (Å²) in [6.45, 7) is 5.16. The number of hydrogen-bond donors (Lipinski definition) is 1. The van der Waals surface area contributed by atoms with Crippen LogP contribution in [0.5, 0.6) is 11.5 Å². The maximum atomic E-state index is 6.46. The normalized spacial score (nSPS) is 16.6. The third kappa shape index (κ3) is 3.21. The van der Waals surface area contributed by atoms with Crippen molar-refractivity contribution in [1.82, 2.24) is 5.32 Å². The Morgan fingerprint density at radius 3 is 2.25 bits per heavy atom. The predicted octanol–water partition coefficient (Wildman–Crippen LogP) is 4.20. The lowest BCUT2D eigenvalue weighted by atomic mass is 9.77. The maximum Gasteiger partial charge on any atom is 0.162 e. The van der Waals surface area contributed by atoms with Crippen LogP contribution in [0.1, 0.15) is 44.7 Å². The molecule has 1 aliphatic carbocycles. The van der Waals surface area contributed by atoms with Gasteiger partial charge in [0.25, 0.3) is 0 Å². The van der Waals surface area contributed by atoms with Gasteiger partial charge in [-0.3, -0.25) is 0 Å². The third-order valence-electron chi connectivity index (χ3n) is 3.93. The van der Waals surface area contributed by atoms with Crippen LogP contribution in [0.25, 0.3) is 0 Å². The monoisotopic (exact) mass is 297 g/mol. The first-order valence-corrected chi connectivity index (χ1v) is 7.85. The highest BCUT2D eigenvalue weighted by atomic mass is 35.5. The fourth-order valence-corrected chi connectivity index (χ4v) is 3.02. The lowest BCUT2D eigenvalue weighted by molar-refractivity contribution is 0.238. The van der Waals surface area contributed by atoms with Gasteiger partial charge < -0.3 is 14.8 Å². The Bertz CT molecular complexity index is 446. The van der Waals surface area contributed by atoms with Crippen LogP contribution in [0.2, 0.25) is 5.02 Å². The van der Waals surface area contributed by atoms with Gasteiger partial charge in [0.2, 0.25) is 0 Å². The zero-order chi connectivity index (χ0) is 14.5. The highest BCUT2D eigenvalue weighted by molar-refractivity contribution is 6.31. The summed E-state index contributed by atoms with van der Waals surface area (Å²) >= 11 is 6.46. The number of nitrogens with one attached hydrogen (secondary N) is 1. The zero-order valence-electron chi connectivity index (χ0n) is 12.5. The number of hydrogen-bond acceptors (Lipinski definition) is 3. The van der Waals surface area contributed by atoms with Crippen molar-refractivity contribution in [3.8, 4) is 11.5 Å². The molecule has 2 rings (SSSR count). The zero-order valence-corrected chi connectivity index (χ0v) is 13.3. The Morgan fingerprint density at radius 2 is 1.80 bits per heavy atom. The van der Waals surface area contributed by atoms with Gasteiger partial charge in [-0.05, 0) is 51.3 Å². The lowest BCUT2D eigenvalue weighted by Crippen LogP contribution is -2.30. The molecule has 20 heavy (non-hydrogen) atoms. The molecule has 1 aromatic rings. The second-order valence-corrected chi connectivity index (χ2v) is 5.55. The van der Waals surface area contributed by atoms with Crippen molar-refractivity contribution in [1.29, 1.82) is 0 Å². The molecule has 1 unspecified atom stereocenters. The second-order valence-electron chi connectivity index (χ2n) is 5.14. The summed E-state index contributed by atoms with van der Waals surface area (Å²) in [5, 5.41) is 4.15. The van der Waals surface area contributed by atoms with Crippen LogP contribution in [0.4, 0.5) is 0 Å². The Balaban J connectivity index is 2.33. The van der Waals surface area contributed by atoms with E-state index in [0.717, 1.165) is 22.1 Å². The van der Waals surface area contributed by atoms with Gasteiger partial charge in [-0.25, -0.2) is 0 Å². The van der Waals surface area contributed by atoms with Gasteiger partial charge >= 0.3 is 0 Å². The quantitative estimate of drug-likeness (QED) is 0.818. The lowest BCUT2D eigenvalue weighted by Gasteiger charge is -2.34. The first kappa shape index (κ1) is 15.5. The minimum Gasteiger partial charge on any atom is -0.490 e. The van der Waals surface area contributed by atoms with Crippen molar-refractivity contribution in [3.63, 3.8) is 0 Å². The van der Waals surface area contributed by atoms with Crippen LogP contribution in [0.3, 0.4) is 0 Å². The number of ether oxygens (including phenoxy) is 2. The molecule has 0 aliphatic heterocycles. The van der Waals surface area contributed by atoms with Crippen LogP contribution in [-0.2, 0) is 0 Å². The van der Waals surface area contributed by atoms with E-state index >= 15 is 0 Å². The van der Waals surface area contributed by atoms with E-state index in [9.17, 15) is 0 Å². The van der Waals surface area contributed by atoms with E-state index in [1.807, 2.05) is 33.0 Å². The smallest absolute Gasteiger partial charge is 0.162 e. The van der Waals surface area contributed by atoms with Crippen LogP contribution in [0, 0.1) is 5.92 Å². The summed E-state index contributed by atoms with van der Waals surface area (Å²) in [4.78, 5) is 0. The van der Waals surface area contributed by atoms with Gasteiger partial charge in [0.05, 0.1) is 13.2 Å². The van der Waals surface area contributed by atoms with E-state index in [-0.39, 0.29) is 0 Å². The Labute approximate surface area is 126 Å². The number of halogens is 1. The van der Waals surface area contributed by atoms with Crippen LogP contribution < -0.4 is 14.8 Å². The molecular weight excluding hydrogens is 274 g/mol. The number of benzene rings is 1. The van der Waals surface area contributed by atoms with Crippen LogP contribution in [0.15, 0.2) is 12.1 Å². The second kappa shape index (κ2) is 7.19. The van der Waals surface area contributed by atoms with E-state index in [1.54, 1.807) is 0 Å². The summed E-state index contributed by atoms with van der Waals surface area (Å²) in [7, 11) is 2.00. The van der Waals surface area contributed by atoms with Gasteiger partial charge in [-0.2, -0.15) is 0 Å². The molecule has 1 N–H and O–H groups in total. The molecule has 0 heterocycles. The maximum absolute atomic E-state index is 6.46. The van der Waals surface area contributed by atoms with E-state index < -0.39 is 0 Å². The average molecular weight is 298 g/mol. The molecule has 4 heteroatoms. The molecule has 112 valence electrons. The molecule has 0 spiro atoms. The summed E-state index contributed by atoms with van der Waals surface area (Å²) in [6.07, 6.45) is 3.84. The molecule has 0 amide bonds. The molecule has 1 aromatic carbocycles. The van der Waals surface area contributed by atoms with Gasteiger partial charge in [-0.1, -0.05) is 18.0 Å². The van der Waals surface area contributed by atoms with Crippen molar-refractivity contribution >= 4 is 11.6 Å². The van der Waals surface area contributed by atoms with E-state index in [4.69, 9.17) is 21.1 Å². The molecular formula is C16H24ClNO2. The van der Waals surface area contributed by atoms with Crippen molar-refractivity contribution in [2.75, 3.05) is 20.3 Å². The van der Waals surface area contributed by atoms with Crippen LogP contribution in [-0.4, -0.2) is 20.3 Å². The summed E-state index contributed by atoms with van der Waals surface area (Å²) < 4.78 is 11.3. The minimum absolute atomic E-state index is 0.297. The highest BCUT2D eigenvalue weighted by Crippen LogP contribution is 2.43. The first-order valence-electron chi connectivity index (χ1n) is 7.47. The van der Waals surface area contributed by atoms with E-state index in [0.29, 0.717) is 25.2 Å². The van der Waals surface area contributed by atoms with Gasteiger partial charge in [-0.15, -0.1) is 0 Å². The summed E-state index contributed by atoms with van der Waals surface area (Å²) in [5.74, 6) is 2.19. The first-order chi connectivity index (χ1) is 9.71. The van der Waals surface area contributed by atoms with E-state index in [2.05, 4.69) is 5.32 Å². The molecule has 1 atom stereocenters. The highest BCUT2D eigenvalue weighted by Gasteiger charge is 2.29. The topological polar surface area (TPSA) is 30.5 Å². The van der Waals surface area contributed by atoms with Crippen molar-refractivity contribution in [2.24, 2.45) is 5.92 Å². The molecule has 0 bridgehead atoms. The number of rotatable bonds is 7. The Morgan fingerprint density at radius 1 is 1.20 bits per heavy atom. The molecule has 0 aromatic heterocycles. The molecule has 3 nitrogen and oxygen atoms in total. The molecule has 1 fully saturated rings. The fraction of sp³-hybridized carbons (Fsp3) is 0.625. The minimum atomic E-state index is 0.297. The molecule has 0 saturated heterocycles. The van der Waals surface area contributed by atoms with Gasteiger partial charge in [0.15, 0.2) is 11.5 Å². The van der Waals surface area contributed by atoms with E-state index in [1.165, 1.54) is 19.3 Å². The van der Waals surface area contributed by atoms with Crippen molar-refractivity contribution < 1.29 is 9.47 Å². The Kier molecular flexibility index (Phi) is 5.55. The fourth-order valence-electron chi connectivity index (χ4n) is 2.74. The molecule has 1 aliphatic rings. The largest absolute Gasteiger partial charge is 0.490 e. The van der Waals surface area contributed by atoms with Crippen molar-refractivity contribution in [3.05, 3.63) is 22.7 Å². The van der Waals surface area contributed by atoms with Crippen molar-refractivity contribution in [2.45, 2.75) is 39.2 Å². The third-order valence-corrected chi connectivity index (χ3v) is 4.26. The standard InChI is InChI=1S/C16H24ClNO2/c1-4-19-14-9-12(13(17)10-15(14)20-5-2)16(18-3)11-7-6-8-11/h9-11,16,18H,4-8H2,1-3H3. The molecule has 1 saturated carbocycles. The van der Waals surface area contributed by atoms with Crippen LogP contribution >= 0.6 is 11.6 Å². The predicted molar refractivity (Wildman–Crippen MR) is 82.9 cm³/mol. The van der Waals surface area contributed by atoms with Gasteiger partial charge in [0, 0.05) is 17.1 Å². The molecule has 0 radical (unpaired) electrons. The SMILES string of the molecule is CCOc1cc(Cl)c(C(NC)C2CCC2)cc1OCC. The summed E-state index contributed by atoms with van der Waals surface area (Å²) in [5.41, 5.74) is 1.12. The Hall–Kier alpha value is -0.930. The summed E-state index contributed by atoms with van der Waals surface area (Å²) in [6, 6.07) is 4.22. The average Bonchev–Trinajstić information content (AvgIpc) is 2.37. The van der Waals surface area contributed by atoms with Gasteiger partial charge in [0.1, 0.15) is 0 Å².